The van der Waals surface area contributed by atoms with Crippen molar-refractivity contribution in [3.05, 3.63) is 35.9 Å². The summed E-state index contributed by atoms with van der Waals surface area (Å²) in [6.45, 7) is 0.722. The maximum Gasteiger partial charge on any atom is 0.185 e. The second kappa shape index (κ2) is 5.52. The van der Waals surface area contributed by atoms with Crippen molar-refractivity contribution in [2.24, 2.45) is 16.5 Å². The van der Waals surface area contributed by atoms with Crippen LogP contribution in [-0.4, -0.2) is 12.5 Å². The van der Waals surface area contributed by atoms with E-state index < -0.39 is 0 Å². The molecule has 88 valence electrons. The van der Waals surface area contributed by atoms with Gasteiger partial charge in [-0.3, -0.25) is 4.99 Å². The Hall–Kier alpha value is -0.780. The Balaban J connectivity index is 0.00000128. The molecule has 2 rings (SSSR count). The van der Waals surface area contributed by atoms with Gasteiger partial charge in [-0.1, -0.05) is 36.8 Å². The van der Waals surface area contributed by atoms with Crippen molar-refractivity contribution in [3.8, 4) is 0 Å². The Kier molecular flexibility index (Phi) is 4.58. The molecule has 1 aliphatic carbocycles. The lowest BCUT2D eigenvalue weighted by atomic mass is 9.64. The molecule has 0 aromatic heterocycles. The number of aliphatic imine (C=N–C) groups is 1. The summed E-state index contributed by atoms with van der Waals surface area (Å²) in [6.07, 6.45) is 3.65. The average Bonchev–Trinajstić information content (AvgIpc) is 2.17. The van der Waals surface area contributed by atoms with Gasteiger partial charge in [-0.05, 0) is 18.4 Å². The normalized spacial score (nSPS) is 16.8. The summed E-state index contributed by atoms with van der Waals surface area (Å²) in [4.78, 5) is 4.17. The molecule has 0 unspecified atom stereocenters. The number of halogens is 1. The SMILES string of the molecule is I.NC(N)=NCC1(c2ccccc2)CCC1. The molecule has 0 atom stereocenters. The highest BCUT2D eigenvalue weighted by atomic mass is 127. The Labute approximate surface area is 113 Å². The van der Waals surface area contributed by atoms with Crippen LogP contribution in [0.3, 0.4) is 0 Å². The molecular formula is C12H18IN3. The minimum absolute atomic E-state index is 0. The third-order valence-electron chi connectivity index (χ3n) is 3.26. The van der Waals surface area contributed by atoms with Gasteiger partial charge < -0.3 is 11.5 Å². The number of rotatable bonds is 3. The first kappa shape index (κ1) is 13.3. The molecule has 0 amide bonds. The Morgan fingerprint density at radius 2 is 1.81 bits per heavy atom. The maximum atomic E-state index is 5.38. The maximum absolute atomic E-state index is 5.38. The first-order valence-electron chi connectivity index (χ1n) is 5.34. The molecule has 1 aromatic carbocycles. The molecule has 1 fully saturated rings. The molecule has 3 nitrogen and oxygen atoms in total. The van der Waals surface area contributed by atoms with Gasteiger partial charge in [0.05, 0.1) is 6.54 Å². The summed E-state index contributed by atoms with van der Waals surface area (Å²) < 4.78 is 0. The van der Waals surface area contributed by atoms with E-state index >= 15 is 0 Å². The van der Waals surface area contributed by atoms with Crippen LogP contribution in [0.4, 0.5) is 0 Å². The number of guanidine groups is 1. The van der Waals surface area contributed by atoms with Crippen LogP contribution in [0.25, 0.3) is 0 Å². The summed E-state index contributed by atoms with van der Waals surface area (Å²) in [5, 5.41) is 0. The van der Waals surface area contributed by atoms with Crippen LogP contribution in [0, 0.1) is 0 Å². The van der Waals surface area contributed by atoms with Gasteiger partial charge in [-0.15, -0.1) is 24.0 Å². The Bertz CT molecular complexity index is 354. The van der Waals surface area contributed by atoms with Gasteiger partial charge in [0.25, 0.3) is 0 Å². The van der Waals surface area contributed by atoms with Crippen molar-refractivity contribution < 1.29 is 0 Å². The van der Waals surface area contributed by atoms with Gasteiger partial charge in [0, 0.05) is 5.41 Å². The number of nitrogens with two attached hydrogens (primary N) is 2. The first-order chi connectivity index (χ1) is 7.23. The van der Waals surface area contributed by atoms with Gasteiger partial charge in [-0.25, -0.2) is 0 Å². The van der Waals surface area contributed by atoms with Crippen molar-refractivity contribution in [2.45, 2.75) is 24.7 Å². The molecule has 0 radical (unpaired) electrons. The van der Waals surface area contributed by atoms with Crippen LogP contribution in [0.1, 0.15) is 24.8 Å². The van der Waals surface area contributed by atoms with Crippen LogP contribution in [0.15, 0.2) is 35.3 Å². The molecule has 4 heteroatoms. The molecule has 0 bridgehead atoms. The summed E-state index contributed by atoms with van der Waals surface area (Å²) in [6, 6.07) is 10.5. The van der Waals surface area contributed by atoms with Gasteiger partial charge in [0.2, 0.25) is 0 Å². The van der Waals surface area contributed by atoms with Crippen molar-refractivity contribution >= 4 is 29.9 Å². The van der Waals surface area contributed by atoms with Crippen LogP contribution in [0.5, 0.6) is 0 Å². The van der Waals surface area contributed by atoms with Crippen LogP contribution in [-0.2, 0) is 5.41 Å². The highest BCUT2D eigenvalue weighted by Crippen LogP contribution is 2.43. The minimum atomic E-state index is 0. The van der Waals surface area contributed by atoms with E-state index in [1.165, 1.54) is 24.8 Å². The van der Waals surface area contributed by atoms with E-state index in [-0.39, 0.29) is 35.4 Å². The fraction of sp³-hybridized carbons (Fsp3) is 0.417. The smallest absolute Gasteiger partial charge is 0.185 e. The highest BCUT2D eigenvalue weighted by molar-refractivity contribution is 14.0. The van der Waals surface area contributed by atoms with Crippen LogP contribution in [0.2, 0.25) is 0 Å². The molecule has 0 heterocycles. The number of hydrogen-bond acceptors (Lipinski definition) is 1. The fourth-order valence-corrected chi connectivity index (χ4v) is 2.18. The van der Waals surface area contributed by atoms with Crippen LogP contribution >= 0.6 is 24.0 Å². The number of nitrogens with zero attached hydrogens (tertiary/aromatic N) is 1. The summed E-state index contributed by atoms with van der Waals surface area (Å²) in [5.41, 5.74) is 12.3. The summed E-state index contributed by atoms with van der Waals surface area (Å²) >= 11 is 0. The van der Waals surface area contributed by atoms with E-state index in [9.17, 15) is 0 Å². The standard InChI is InChI=1S/C12H17N3.HI/c13-11(14)15-9-12(7-4-8-12)10-5-2-1-3-6-10;/h1-3,5-6H,4,7-9H2,(H4,13,14,15);1H. The molecule has 0 saturated heterocycles. The van der Waals surface area contributed by atoms with Gasteiger partial charge in [0.1, 0.15) is 0 Å². The van der Waals surface area contributed by atoms with E-state index in [1.807, 2.05) is 6.07 Å². The lowest BCUT2D eigenvalue weighted by molar-refractivity contribution is 0.254. The topological polar surface area (TPSA) is 64.4 Å². The second-order valence-electron chi connectivity index (χ2n) is 4.24. The third-order valence-corrected chi connectivity index (χ3v) is 3.26. The molecule has 1 aromatic rings. The number of hydrogen-bond donors (Lipinski definition) is 2. The largest absolute Gasteiger partial charge is 0.370 e. The zero-order valence-electron chi connectivity index (χ0n) is 9.23. The highest BCUT2D eigenvalue weighted by Gasteiger charge is 2.38. The molecule has 4 N–H and O–H groups in total. The molecule has 16 heavy (non-hydrogen) atoms. The Morgan fingerprint density at radius 3 is 2.25 bits per heavy atom. The molecule has 0 aliphatic heterocycles. The average molecular weight is 331 g/mol. The molecule has 1 saturated carbocycles. The number of benzene rings is 1. The third kappa shape index (κ3) is 2.66. The van der Waals surface area contributed by atoms with Gasteiger partial charge in [-0.2, -0.15) is 0 Å². The first-order valence-corrected chi connectivity index (χ1v) is 5.34. The van der Waals surface area contributed by atoms with Gasteiger partial charge >= 0.3 is 0 Å². The van der Waals surface area contributed by atoms with Crippen molar-refractivity contribution in [1.82, 2.24) is 0 Å². The van der Waals surface area contributed by atoms with E-state index in [4.69, 9.17) is 11.5 Å². The lowest BCUT2D eigenvalue weighted by Crippen LogP contribution is -2.38. The second-order valence-corrected chi connectivity index (χ2v) is 4.24. The van der Waals surface area contributed by atoms with Crippen molar-refractivity contribution in [2.75, 3.05) is 6.54 Å². The fourth-order valence-electron chi connectivity index (χ4n) is 2.18. The predicted molar refractivity (Wildman–Crippen MR) is 78.1 cm³/mol. The zero-order valence-corrected chi connectivity index (χ0v) is 11.6. The quantitative estimate of drug-likeness (QED) is 0.505. The zero-order chi connectivity index (χ0) is 10.7. The Morgan fingerprint density at radius 1 is 1.19 bits per heavy atom. The van der Waals surface area contributed by atoms with E-state index in [1.54, 1.807) is 0 Å². The monoisotopic (exact) mass is 331 g/mol. The summed E-state index contributed by atoms with van der Waals surface area (Å²) in [5.74, 6) is 0.192. The molecule has 0 spiro atoms. The molecular weight excluding hydrogens is 313 g/mol. The van der Waals surface area contributed by atoms with E-state index in [2.05, 4.69) is 29.3 Å². The lowest BCUT2D eigenvalue weighted by Gasteiger charge is -2.41. The van der Waals surface area contributed by atoms with E-state index in [0.29, 0.717) is 0 Å². The van der Waals surface area contributed by atoms with E-state index in [0.717, 1.165) is 6.54 Å². The molecule has 1 aliphatic rings. The van der Waals surface area contributed by atoms with Crippen LogP contribution < -0.4 is 11.5 Å². The van der Waals surface area contributed by atoms with Gasteiger partial charge in [0.15, 0.2) is 5.96 Å². The summed E-state index contributed by atoms with van der Waals surface area (Å²) in [7, 11) is 0. The minimum Gasteiger partial charge on any atom is -0.370 e. The van der Waals surface area contributed by atoms with Crippen molar-refractivity contribution in [3.63, 3.8) is 0 Å². The van der Waals surface area contributed by atoms with Crippen molar-refractivity contribution in [1.29, 1.82) is 0 Å². The predicted octanol–water partition coefficient (Wildman–Crippen LogP) is 2.00.